The van der Waals surface area contributed by atoms with Crippen LogP contribution in [-0.2, 0) is 0 Å². The Morgan fingerprint density at radius 2 is 1.12 bits per heavy atom. The minimum absolute atomic E-state index is 0.318. The number of hydrogen-bond donors (Lipinski definition) is 3. The lowest BCUT2D eigenvalue weighted by molar-refractivity contribution is -0.900. The molecule has 98 valence electrons. The predicted octanol–water partition coefficient (Wildman–Crippen LogP) is 0.607. The molecule has 3 heteroatoms. The van der Waals surface area contributed by atoms with Crippen LogP contribution in [0.2, 0.25) is 0 Å². The molecule has 0 aliphatic rings. The van der Waals surface area contributed by atoms with E-state index in [1.165, 1.54) is 38.9 Å². The Hall–Kier alpha value is -0.120. The van der Waals surface area contributed by atoms with Crippen molar-refractivity contribution in [3.63, 3.8) is 0 Å². The Morgan fingerprint density at radius 1 is 0.688 bits per heavy atom. The number of hydrogen-bond acceptors (Lipinski definition) is 2. The summed E-state index contributed by atoms with van der Waals surface area (Å²) in [6.45, 7) is 6.48. The van der Waals surface area contributed by atoms with Gasteiger partial charge in [0.2, 0.25) is 0 Å². The molecule has 0 amide bonds. The van der Waals surface area contributed by atoms with Crippen LogP contribution in [0, 0.1) is 0 Å². The van der Waals surface area contributed by atoms with Crippen LogP contribution >= 0.6 is 0 Å². The first kappa shape index (κ1) is 15.9. The molecule has 0 spiro atoms. The van der Waals surface area contributed by atoms with Gasteiger partial charge in [-0.3, -0.25) is 0 Å². The number of unbranched alkanes of at least 4 members (excludes halogenated alkanes) is 4. The van der Waals surface area contributed by atoms with Crippen molar-refractivity contribution in [2.24, 2.45) is 0 Å². The Morgan fingerprint density at radius 3 is 1.50 bits per heavy atom. The van der Waals surface area contributed by atoms with Crippen LogP contribution in [0.5, 0.6) is 0 Å². The van der Waals surface area contributed by atoms with E-state index in [4.69, 9.17) is 10.2 Å². The molecule has 0 radical (unpaired) electrons. The third kappa shape index (κ3) is 10.4. The van der Waals surface area contributed by atoms with Crippen molar-refractivity contribution in [2.45, 2.75) is 51.9 Å². The van der Waals surface area contributed by atoms with Gasteiger partial charge in [-0.1, -0.05) is 13.3 Å². The largest absolute Gasteiger partial charge is 0.396 e. The second-order valence-electron chi connectivity index (χ2n) is 4.57. The van der Waals surface area contributed by atoms with Crippen LogP contribution in [-0.4, -0.2) is 43.1 Å². The maximum absolute atomic E-state index is 8.77. The average molecular weight is 232 g/mol. The highest BCUT2D eigenvalue weighted by molar-refractivity contribution is 4.41. The molecule has 16 heavy (non-hydrogen) atoms. The van der Waals surface area contributed by atoms with E-state index in [0.717, 1.165) is 25.7 Å². The quantitative estimate of drug-likeness (QED) is 0.432. The highest BCUT2D eigenvalue weighted by Gasteiger charge is 2.07. The van der Waals surface area contributed by atoms with Gasteiger partial charge in [0, 0.05) is 13.2 Å². The summed E-state index contributed by atoms with van der Waals surface area (Å²) < 4.78 is 0. The maximum atomic E-state index is 8.77. The van der Waals surface area contributed by atoms with Crippen molar-refractivity contribution in [3.05, 3.63) is 0 Å². The van der Waals surface area contributed by atoms with E-state index < -0.39 is 0 Å². The monoisotopic (exact) mass is 232 g/mol. The summed E-state index contributed by atoms with van der Waals surface area (Å²) in [5.74, 6) is 0. The Bertz CT molecular complexity index is 107. The fourth-order valence-corrected chi connectivity index (χ4v) is 1.97. The van der Waals surface area contributed by atoms with Gasteiger partial charge in [-0.2, -0.15) is 0 Å². The van der Waals surface area contributed by atoms with Crippen LogP contribution in [0.4, 0.5) is 0 Å². The lowest BCUT2D eigenvalue weighted by Crippen LogP contribution is -3.12. The van der Waals surface area contributed by atoms with Crippen LogP contribution in [0.3, 0.4) is 0 Å². The highest BCUT2D eigenvalue weighted by atomic mass is 16.3. The Kier molecular flexibility index (Phi) is 12.9. The fraction of sp³-hybridized carbons (Fsp3) is 1.00. The van der Waals surface area contributed by atoms with Gasteiger partial charge in [0.1, 0.15) is 0 Å². The molecule has 0 atom stereocenters. The van der Waals surface area contributed by atoms with Crippen molar-refractivity contribution in [1.29, 1.82) is 0 Å². The first-order chi connectivity index (χ1) is 7.85. The topological polar surface area (TPSA) is 44.9 Å². The van der Waals surface area contributed by atoms with Crippen molar-refractivity contribution >= 4 is 0 Å². The van der Waals surface area contributed by atoms with Crippen molar-refractivity contribution in [2.75, 3.05) is 32.8 Å². The smallest absolute Gasteiger partial charge is 0.0771 e. The van der Waals surface area contributed by atoms with Gasteiger partial charge in [-0.25, -0.2) is 0 Å². The predicted molar refractivity (Wildman–Crippen MR) is 67.7 cm³/mol. The van der Waals surface area contributed by atoms with Crippen molar-refractivity contribution in [1.82, 2.24) is 0 Å². The Balaban J connectivity index is 3.58. The molecule has 0 aliphatic carbocycles. The zero-order valence-electron chi connectivity index (χ0n) is 10.9. The van der Waals surface area contributed by atoms with Crippen LogP contribution in [0.15, 0.2) is 0 Å². The van der Waals surface area contributed by atoms with Gasteiger partial charge >= 0.3 is 0 Å². The molecule has 0 aliphatic heterocycles. The summed E-state index contributed by atoms with van der Waals surface area (Å²) in [7, 11) is 0. The molecule has 0 aromatic heterocycles. The molecule has 0 saturated carbocycles. The van der Waals surface area contributed by atoms with Gasteiger partial charge in [-0.05, 0) is 38.5 Å². The number of aliphatic hydroxyl groups excluding tert-OH is 2. The number of rotatable bonds is 12. The van der Waals surface area contributed by atoms with Gasteiger partial charge < -0.3 is 15.1 Å². The first-order valence-corrected chi connectivity index (χ1v) is 6.90. The summed E-state index contributed by atoms with van der Waals surface area (Å²) in [6.07, 6.45) is 8.01. The minimum atomic E-state index is 0.318. The molecule has 0 rings (SSSR count). The summed E-state index contributed by atoms with van der Waals surface area (Å²) in [6, 6.07) is 0. The van der Waals surface area contributed by atoms with E-state index in [0.29, 0.717) is 13.2 Å². The van der Waals surface area contributed by atoms with Crippen molar-refractivity contribution in [3.8, 4) is 0 Å². The minimum Gasteiger partial charge on any atom is -0.396 e. The van der Waals surface area contributed by atoms with Crippen molar-refractivity contribution < 1.29 is 15.1 Å². The zero-order chi connectivity index (χ0) is 12.1. The van der Waals surface area contributed by atoms with Crippen LogP contribution in [0.25, 0.3) is 0 Å². The lowest BCUT2D eigenvalue weighted by atomic mass is 10.2. The van der Waals surface area contributed by atoms with Gasteiger partial charge in [0.15, 0.2) is 0 Å². The molecule has 0 heterocycles. The van der Waals surface area contributed by atoms with Gasteiger partial charge in [0.25, 0.3) is 0 Å². The van der Waals surface area contributed by atoms with Crippen LogP contribution in [0.1, 0.15) is 51.9 Å². The fourth-order valence-electron chi connectivity index (χ4n) is 1.97. The standard InChI is InChI=1S/C13H29NO2/c1-2-3-4-9-14(10-5-7-12-15)11-6-8-13-16/h15-16H,2-13H2,1H3/p+1. The molecular weight excluding hydrogens is 202 g/mol. The molecule has 0 aromatic carbocycles. The van der Waals surface area contributed by atoms with E-state index >= 15 is 0 Å². The third-order valence-electron chi connectivity index (χ3n) is 3.01. The molecule has 0 bridgehead atoms. The highest BCUT2D eigenvalue weighted by Crippen LogP contribution is 1.91. The summed E-state index contributed by atoms with van der Waals surface area (Å²) in [5.41, 5.74) is 0. The Labute approximate surface area is 100 Å². The zero-order valence-corrected chi connectivity index (χ0v) is 10.9. The maximum Gasteiger partial charge on any atom is 0.0771 e. The number of nitrogens with one attached hydrogen (secondary N) is 1. The second-order valence-corrected chi connectivity index (χ2v) is 4.57. The molecular formula is C13H30NO2+. The molecule has 0 aromatic rings. The molecule has 0 saturated heterocycles. The van der Waals surface area contributed by atoms with E-state index in [1.807, 2.05) is 0 Å². The molecule has 3 N–H and O–H groups in total. The second kappa shape index (κ2) is 12.9. The summed E-state index contributed by atoms with van der Waals surface area (Å²) in [4.78, 5) is 1.65. The van der Waals surface area contributed by atoms with E-state index in [2.05, 4.69) is 6.92 Å². The third-order valence-corrected chi connectivity index (χ3v) is 3.01. The SMILES string of the molecule is CCCCC[NH+](CCCCO)CCCCO. The normalized spacial score (nSPS) is 11.2. The average Bonchev–Trinajstić information content (AvgIpc) is 2.29. The summed E-state index contributed by atoms with van der Waals surface area (Å²) in [5, 5.41) is 17.5. The first-order valence-electron chi connectivity index (χ1n) is 6.90. The van der Waals surface area contributed by atoms with E-state index in [1.54, 1.807) is 4.90 Å². The van der Waals surface area contributed by atoms with Crippen LogP contribution < -0.4 is 4.90 Å². The van der Waals surface area contributed by atoms with E-state index in [-0.39, 0.29) is 0 Å². The lowest BCUT2D eigenvalue weighted by Gasteiger charge is -2.19. The number of quaternary nitrogens is 1. The van der Waals surface area contributed by atoms with Gasteiger partial charge in [0.05, 0.1) is 19.6 Å². The molecule has 0 unspecified atom stereocenters. The van der Waals surface area contributed by atoms with E-state index in [9.17, 15) is 0 Å². The summed E-state index contributed by atoms with van der Waals surface area (Å²) >= 11 is 0. The van der Waals surface area contributed by atoms with Gasteiger partial charge in [-0.15, -0.1) is 0 Å². The molecule has 3 nitrogen and oxygen atoms in total. The molecule has 0 fully saturated rings. The number of aliphatic hydroxyl groups is 2.